The van der Waals surface area contributed by atoms with Crippen LogP contribution in [0.25, 0.3) is 0 Å². The van der Waals surface area contributed by atoms with Crippen LogP contribution in [-0.2, 0) is 0 Å². The van der Waals surface area contributed by atoms with Gasteiger partial charge in [0.1, 0.15) is 0 Å². The van der Waals surface area contributed by atoms with Crippen molar-refractivity contribution in [1.82, 2.24) is 9.80 Å². The lowest BCUT2D eigenvalue weighted by atomic mass is 10.2. The Bertz CT molecular complexity index is 474. The predicted molar refractivity (Wildman–Crippen MR) is 96.4 cm³/mol. The predicted octanol–water partition coefficient (Wildman–Crippen LogP) is 2.31. The van der Waals surface area contributed by atoms with Crippen LogP contribution >= 0.6 is 11.6 Å². The molecule has 0 aliphatic carbocycles. The molecule has 3 rings (SSSR count). The highest BCUT2D eigenvalue weighted by molar-refractivity contribution is 6.30. The molecule has 0 aromatic heterocycles. The van der Waals surface area contributed by atoms with Crippen LogP contribution in [0.2, 0.25) is 5.02 Å². The summed E-state index contributed by atoms with van der Waals surface area (Å²) < 4.78 is 0. The minimum Gasteiger partial charge on any atom is -0.395 e. The number of halogens is 1. The van der Waals surface area contributed by atoms with Crippen LogP contribution in [0.4, 0.5) is 5.69 Å². The molecule has 1 atom stereocenters. The minimum atomic E-state index is 0.319. The maximum absolute atomic E-state index is 9.37. The Balaban J connectivity index is 1.37. The summed E-state index contributed by atoms with van der Waals surface area (Å²) in [7, 11) is 0. The molecule has 128 valence electrons. The Kier molecular flexibility index (Phi) is 6.17. The highest BCUT2D eigenvalue weighted by Gasteiger charge is 2.23. The summed E-state index contributed by atoms with van der Waals surface area (Å²) in [6.45, 7) is 8.22. The van der Waals surface area contributed by atoms with Crippen molar-refractivity contribution in [3.8, 4) is 0 Å². The molecule has 4 nitrogen and oxygen atoms in total. The van der Waals surface area contributed by atoms with Gasteiger partial charge in [-0.3, -0.25) is 9.80 Å². The van der Waals surface area contributed by atoms with Gasteiger partial charge in [0.15, 0.2) is 0 Å². The molecule has 2 aliphatic rings. The first-order chi connectivity index (χ1) is 11.3. The van der Waals surface area contributed by atoms with Crippen molar-refractivity contribution in [2.24, 2.45) is 0 Å². The first-order valence-corrected chi connectivity index (χ1v) is 9.22. The highest BCUT2D eigenvalue weighted by Crippen LogP contribution is 2.20. The van der Waals surface area contributed by atoms with Gasteiger partial charge in [-0.05, 0) is 63.2 Å². The Labute approximate surface area is 144 Å². The molecule has 1 unspecified atom stereocenters. The molecule has 1 aromatic rings. The molecular formula is C18H28ClN3O. The highest BCUT2D eigenvalue weighted by atomic mass is 35.5. The van der Waals surface area contributed by atoms with E-state index in [0.29, 0.717) is 12.6 Å². The third-order valence-electron chi connectivity index (χ3n) is 5.19. The van der Waals surface area contributed by atoms with Gasteiger partial charge in [-0.15, -0.1) is 0 Å². The number of nitrogens with zero attached hydrogens (tertiary/aromatic N) is 3. The van der Waals surface area contributed by atoms with E-state index in [1.54, 1.807) is 0 Å². The van der Waals surface area contributed by atoms with Crippen molar-refractivity contribution in [3.05, 3.63) is 29.3 Å². The number of hydrogen-bond donors (Lipinski definition) is 1. The largest absolute Gasteiger partial charge is 0.395 e. The summed E-state index contributed by atoms with van der Waals surface area (Å²) in [5, 5.41) is 10.2. The lowest BCUT2D eigenvalue weighted by molar-refractivity contribution is 0.150. The van der Waals surface area contributed by atoms with Gasteiger partial charge in [0.25, 0.3) is 0 Å². The lowest BCUT2D eigenvalue weighted by Gasteiger charge is -2.36. The molecule has 1 aromatic carbocycles. The van der Waals surface area contributed by atoms with Crippen LogP contribution in [0, 0.1) is 0 Å². The fourth-order valence-corrected chi connectivity index (χ4v) is 3.90. The van der Waals surface area contributed by atoms with E-state index < -0.39 is 0 Å². The van der Waals surface area contributed by atoms with Gasteiger partial charge in [-0.25, -0.2) is 0 Å². The van der Waals surface area contributed by atoms with Crippen molar-refractivity contribution in [3.63, 3.8) is 0 Å². The van der Waals surface area contributed by atoms with Crippen LogP contribution in [0.5, 0.6) is 0 Å². The van der Waals surface area contributed by atoms with Gasteiger partial charge >= 0.3 is 0 Å². The van der Waals surface area contributed by atoms with Gasteiger partial charge in [-0.2, -0.15) is 0 Å². The monoisotopic (exact) mass is 337 g/mol. The maximum Gasteiger partial charge on any atom is 0.0586 e. The smallest absolute Gasteiger partial charge is 0.0586 e. The second-order valence-electron chi connectivity index (χ2n) is 6.67. The minimum absolute atomic E-state index is 0.319. The van der Waals surface area contributed by atoms with E-state index in [-0.39, 0.29) is 0 Å². The number of piperazine rings is 1. The fraction of sp³-hybridized carbons (Fsp3) is 0.667. The number of anilines is 1. The first kappa shape index (κ1) is 17.0. The van der Waals surface area contributed by atoms with Crippen LogP contribution in [0.15, 0.2) is 24.3 Å². The Morgan fingerprint density at radius 2 is 1.74 bits per heavy atom. The number of benzene rings is 1. The van der Waals surface area contributed by atoms with Crippen LogP contribution in [-0.4, -0.2) is 73.4 Å². The molecule has 0 saturated carbocycles. The number of likely N-dealkylation sites (tertiary alicyclic amines) is 1. The summed E-state index contributed by atoms with van der Waals surface area (Å²) in [5.74, 6) is 0. The first-order valence-electron chi connectivity index (χ1n) is 8.84. The van der Waals surface area contributed by atoms with Crippen molar-refractivity contribution >= 4 is 17.3 Å². The van der Waals surface area contributed by atoms with Crippen molar-refractivity contribution in [2.75, 3.05) is 57.3 Å². The van der Waals surface area contributed by atoms with Crippen molar-refractivity contribution in [2.45, 2.75) is 25.3 Å². The number of aliphatic hydroxyl groups is 1. The van der Waals surface area contributed by atoms with Crippen molar-refractivity contribution in [1.29, 1.82) is 0 Å². The second kappa shape index (κ2) is 8.34. The van der Waals surface area contributed by atoms with Crippen molar-refractivity contribution < 1.29 is 5.11 Å². The Hall–Kier alpha value is -0.810. The van der Waals surface area contributed by atoms with Gasteiger partial charge in [0.05, 0.1) is 6.61 Å². The Morgan fingerprint density at radius 3 is 2.43 bits per heavy atom. The van der Waals surface area contributed by atoms with Gasteiger partial charge < -0.3 is 10.0 Å². The van der Waals surface area contributed by atoms with Crippen LogP contribution < -0.4 is 4.90 Å². The van der Waals surface area contributed by atoms with E-state index in [1.807, 2.05) is 12.1 Å². The molecule has 1 N–H and O–H groups in total. The normalized spacial score (nSPS) is 23.6. The van der Waals surface area contributed by atoms with E-state index in [0.717, 1.165) is 50.7 Å². The molecule has 2 aliphatic heterocycles. The molecule has 5 heteroatoms. The molecule has 2 saturated heterocycles. The molecule has 0 amide bonds. The molecule has 0 radical (unpaired) electrons. The van der Waals surface area contributed by atoms with Crippen LogP contribution in [0.1, 0.15) is 19.3 Å². The average molecular weight is 338 g/mol. The zero-order valence-corrected chi connectivity index (χ0v) is 14.6. The molecule has 2 heterocycles. The molecular weight excluding hydrogens is 310 g/mol. The summed E-state index contributed by atoms with van der Waals surface area (Å²) >= 11 is 5.96. The number of hydrogen-bond acceptors (Lipinski definition) is 4. The van der Waals surface area contributed by atoms with Crippen LogP contribution in [0.3, 0.4) is 0 Å². The maximum atomic E-state index is 9.37. The summed E-state index contributed by atoms with van der Waals surface area (Å²) in [4.78, 5) is 7.47. The Morgan fingerprint density at radius 1 is 1.00 bits per heavy atom. The SMILES string of the molecule is OCC1CCCN1CCCN1CCN(c2ccc(Cl)cc2)CC1. The second-order valence-corrected chi connectivity index (χ2v) is 7.11. The van der Waals surface area contributed by atoms with E-state index in [1.165, 1.54) is 25.1 Å². The van der Waals surface area contributed by atoms with Gasteiger partial charge in [0, 0.05) is 42.9 Å². The summed E-state index contributed by atoms with van der Waals surface area (Å²) in [6.07, 6.45) is 3.61. The van der Waals surface area contributed by atoms with E-state index in [2.05, 4.69) is 26.8 Å². The fourth-order valence-electron chi connectivity index (χ4n) is 3.78. The number of rotatable bonds is 6. The summed E-state index contributed by atoms with van der Waals surface area (Å²) in [5.41, 5.74) is 1.27. The quantitative estimate of drug-likeness (QED) is 0.862. The summed E-state index contributed by atoms with van der Waals surface area (Å²) in [6, 6.07) is 8.57. The van der Waals surface area contributed by atoms with E-state index >= 15 is 0 Å². The average Bonchev–Trinajstić information content (AvgIpc) is 3.04. The molecule has 2 fully saturated rings. The third kappa shape index (κ3) is 4.60. The molecule has 0 spiro atoms. The zero-order valence-electron chi connectivity index (χ0n) is 13.8. The lowest BCUT2D eigenvalue weighted by Crippen LogP contribution is -2.47. The molecule has 0 bridgehead atoms. The van der Waals surface area contributed by atoms with Gasteiger partial charge in [-0.1, -0.05) is 11.6 Å². The topological polar surface area (TPSA) is 30.0 Å². The zero-order chi connectivity index (χ0) is 16.1. The third-order valence-corrected chi connectivity index (χ3v) is 5.45. The van der Waals surface area contributed by atoms with E-state index in [4.69, 9.17) is 11.6 Å². The standard InChI is InChI=1S/C18H28ClN3O/c19-16-4-6-17(7-5-16)22-13-11-20(12-14-22)8-2-10-21-9-1-3-18(21)15-23/h4-7,18,23H,1-3,8-15H2. The number of aliphatic hydroxyl groups excluding tert-OH is 1. The van der Waals surface area contributed by atoms with E-state index in [9.17, 15) is 5.11 Å². The van der Waals surface area contributed by atoms with Gasteiger partial charge in [0.2, 0.25) is 0 Å². The molecule has 23 heavy (non-hydrogen) atoms.